The highest BCUT2D eigenvalue weighted by molar-refractivity contribution is 9.10. The molecule has 1 nitrogen and oxygen atoms in total. The summed E-state index contributed by atoms with van der Waals surface area (Å²) in [5, 5.41) is 10.4. The fourth-order valence-electron chi connectivity index (χ4n) is 2.02. The van der Waals surface area contributed by atoms with E-state index in [0.29, 0.717) is 0 Å². The van der Waals surface area contributed by atoms with E-state index in [1.165, 1.54) is 9.75 Å². The summed E-state index contributed by atoms with van der Waals surface area (Å²) in [6, 6.07) is 8.12. The lowest BCUT2D eigenvalue weighted by atomic mass is 10.0. The first-order valence-corrected chi connectivity index (χ1v) is 7.10. The van der Waals surface area contributed by atoms with Crippen LogP contribution >= 0.6 is 27.3 Å². The molecule has 0 radical (unpaired) electrons. The molecule has 1 unspecified atom stereocenters. The van der Waals surface area contributed by atoms with Crippen molar-refractivity contribution in [3.05, 3.63) is 55.2 Å². The Morgan fingerprint density at radius 3 is 2.35 bits per heavy atom. The number of aliphatic hydroxyl groups is 1. The quantitative estimate of drug-likeness (QED) is 0.864. The number of hydrogen-bond donors (Lipinski definition) is 1. The van der Waals surface area contributed by atoms with E-state index >= 15 is 0 Å². The summed E-state index contributed by atoms with van der Waals surface area (Å²) in [4.78, 5) is 2.43. The third kappa shape index (κ3) is 2.79. The van der Waals surface area contributed by atoms with Gasteiger partial charge in [0.15, 0.2) is 0 Å². The van der Waals surface area contributed by atoms with Crippen molar-refractivity contribution in [2.75, 3.05) is 0 Å². The van der Waals surface area contributed by atoms with Crippen molar-refractivity contribution < 1.29 is 5.11 Å². The Kier molecular flexibility index (Phi) is 3.71. The van der Waals surface area contributed by atoms with Crippen molar-refractivity contribution in [2.45, 2.75) is 26.9 Å². The third-order valence-electron chi connectivity index (χ3n) is 2.75. The smallest absolute Gasteiger partial charge is 0.105 e. The number of aryl methyl sites for hydroxylation is 3. The molecule has 0 saturated carbocycles. The van der Waals surface area contributed by atoms with Crippen LogP contribution in [0.25, 0.3) is 0 Å². The van der Waals surface area contributed by atoms with Crippen molar-refractivity contribution in [2.24, 2.45) is 0 Å². The fraction of sp³-hybridized carbons (Fsp3) is 0.286. The minimum absolute atomic E-state index is 0.531. The molecule has 17 heavy (non-hydrogen) atoms. The second kappa shape index (κ2) is 4.92. The number of rotatable bonds is 2. The summed E-state index contributed by atoms with van der Waals surface area (Å²) in [6.45, 7) is 6.16. The zero-order valence-corrected chi connectivity index (χ0v) is 12.5. The lowest BCUT2D eigenvalue weighted by Gasteiger charge is -2.12. The van der Waals surface area contributed by atoms with Crippen LogP contribution in [0, 0.1) is 20.8 Å². The van der Waals surface area contributed by atoms with E-state index in [9.17, 15) is 5.11 Å². The number of thiophene rings is 1. The molecule has 1 aromatic heterocycles. The van der Waals surface area contributed by atoms with Crippen LogP contribution in [0.2, 0.25) is 0 Å². The number of aliphatic hydroxyl groups excluding tert-OH is 1. The SMILES string of the molecule is Cc1cc(Br)cc(C(O)c2cc(C)sc2C)c1. The molecule has 1 atom stereocenters. The van der Waals surface area contributed by atoms with Crippen molar-refractivity contribution in [3.8, 4) is 0 Å². The summed E-state index contributed by atoms with van der Waals surface area (Å²) in [7, 11) is 0. The maximum atomic E-state index is 10.4. The highest BCUT2D eigenvalue weighted by Crippen LogP contribution is 2.32. The molecular weight excluding hydrogens is 296 g/mol. The van der Waals surface area contributed by atoms with Gasteiger partial charge in [0, 0.05) is 14.2 Å². The number of halogens is 1. The second-order valence-electron chi connectivity index (χ2n) is 4.33. The fourth-order valence-corrected chi connectivity index (χ4v) is 3.61. The molecule has 2 rings (SSSR count). The predicted molar refractivity (Wildman–Crippen MR) is 76.7 cm³/mol. The molecule has 90 valence electrons. The predicted octanol–water partition coefficient (Wildman–Crippen LogP) is 4.52. The summed E-state index contributed by atoms with van der Waals surface area (Å²) in [6.07, 6.45) is -0.531. The van der Waals surface area contributed by atoms with E-state index in [1.54, 1.807) is 11.3 Å². The lowest BCUT2D eigenvalue weighted by Crippen LogP contribution is -2.00. The van der Waals surface area contributed by atoms with E-state index < -0.39 is 6.10 Å². The van der Waals surface area contributed by atoms with Gasteiger partial charge in [0.25, 0.3) is 0 Å². The molecule has 1 N–H and O–H groups in total. The topological polar surface area (TPSA) is 20.2 Å². The minimum atomic E-state index is -0.531. The molecule has 0 saturated heterocycles. The first kappa shape index (κ1) is 12.8. The highest BCUT2D eigenvalue weighted by atomic mass is 79.9. The standard InChI is InChI=1S/C14H15BrOS/c1-8-4-11(7-12(15)5-8)14(16)13-6-9(2)17-10(13)3/h4-7,14,16H,1-3H3. The van der Waals surface area contributed by atoms with Gasteiger partial charge in [-0.25, -0.2) is 0 Å². The molecular formula is C14H15BrOS. The van der Waals surface area contributed by atoms with Gasteiger partial charge in [-0.2, -0.15) is 0 Å². The average molecular weight is 311 g/mol. The molecule has 0 aliphatic rings. The zero-order valence-electron chi connectivity index (χ0n) is 10.1. The van der Waals surface area contributed by atoms with Crippen LogP contribution in [0.1, 0.15) is 32.5 Å². The number of hydrogen-bond acceptors (Lipinski definition) is 2. The van der Waals surface area contributed by atoms with Crippen LogP contribution in [0.5, 0.6) is 0 Å². The normalized spacial score (nSPS) is 12.8. The van der Waals surface area contributed by atoms with Gasteiger partial charge in [0.05, 0.1) is 0 Å². The monoisotopic (exact) mass is 310 g/mol. The highest BCUT2D eigenvalue weighted by Gasteiger charge is 2.15. The summed E-state index contributed by atoms with van der Waals surface area (Å²) in [5.41, 5.74) is 3.11. The van der Waals surface area contributed by atoms with Crippen LogP contribution < -0.4 is 0 Å². The molecule has 0 fully saturated rings. The maximum Gasteiger partial charge on any atom is 0.105 e. The Morgan fingerprint density at radius 2 is 1.82 bits per heavy atom. The Morgan fingerprint density at radius 1 is 1.12 bits per heavy atom. The Labute approximate surface area is 114 Å². The van der Waals surface area contributed by atoms with Gasteiger partial charge in [-0.3, -0.25) is 0 Å². The van der Waals surface area contributed by atoms with Gasteiger partial charge in [-0.05, 0) is 55.7 Å². The average Bonchev–Trinajstić information content (AvgIpc) is 2.55. The van der Waals surface area contributed by atoms with Crippen molar-refractivity contribution in [3.63, 3.8) is 0 Å². The van der Waals surface area contributed by atoms with E-state index in [4.69, 9.17) is 0 Å². The molecule has 0 aliphatic carbocycles. The second-order valence-corrected chi connectivity index (χ2v) is 6.71. The van der Waals surface area contributed by atoms with Gasteiger partial charge >= 0.3 is 0 Å². The summed E-state index contributed by atoms with van der Waals surface area (Å²) < 4.78 is 1.01. The molecule has 0 amide bonds. The van der Waals surface area contributed by atoms with Gasteiger partial charge in [-0.15, -0.1) is 11.3 Å². The molecule has 0 spiro atoms. The van der Waals surface area contributed by atoms with Crippen molar-refractivity contribution in [1.82, 2.24) is 0 Å². The van der Waals surface area contributed by atoms with E-state index in [1.807, 2.05) is 25.1 Å². The van der Waals surface area contributed by atoms with Crippen LogP contribution in [-0.2, 0) is 0 Å². The molecule has 1 aromatic carbocycles. The van der Waals surface area contributed by atoms with Gasteiger partial charge < -0.3 is 5.11 Å². The Balaban J connectivity index is 2.43. The van der Waals surface area contributed by atoms with Crippen molar-refractivity contribution in [1.29, 1.82) is 0 Å². The largest absolute Gasteiger partial charge is 0.384 e. The van der Waals surface area contributed by atoms with Crippen LogP contribution in [-0.4, -0.2) is 5.11 Å². The first-order chi connectivity index (χ1) is 7.97. The molecule has 3 heteroatoms. The molecule has 1 heterocycles. The Hall–Kier alpha value is -0.640. The first-order valence-electron chi connectivity index (χ1n) is 5.49. The maximum absolute atomic E-state index is 10.4. The van der Waals surface area contributed by atoms with Gasteiger partial charge in [0.2, 0.25) is 0 Å². The zero-order chi connectivity index (χ0) is 12.6. The summed E-state index contributed by atoms with van der Waals surface area (Å²) >= 11 is 5.20. The number of benzene rings is 1. The molecule has 0 aliphatic heterocycles. The van der Waals surface area contributed by atoms with E-state index in [0.717, 1.165) is 21.2 Å². The van der Waals surface area contributed by atoms with Crippen LogP contribution in [0.4, 0.5) is 0 Å². The molecule has 2 aromatic rings. The van der Waals surface area contributed by atoms with Gasteiger partial charge in [-0.1, -0.05) is 22.0 Å². The van der Waals surface area contributed by atoms with E-state index in [2.05, 4.69) is 35.8 Å². The van der Waals surface area contributed by atoms with Crippen LogP contribution in [0.15, 0.2) is 28.7 Å². The third-order valence-corrected chi connectivity index (χ3v) is 4.19. The van der Waals surface area contributed by atoms with Gasteiger partial charge in [0.1, 0.15) is 6.10 Å². The summed E-state index contributed by atoms with van der Waals surface area (Å²) in [5.74, 6) is 0. The van der Waals surface area contributed by atoms with E-state index in [-0.39, 0.29) is 0 Å². The Bertz CT molecular complexity index is 525. The lowest BCUT2D eigenvalue weighted by molar-refractivity contribution is 0.220. The van der Waals surface area contributed by atoms with Crippen LogP contribution in [0.3, 0.4) is 0 Å². The minimum Gasteiger partial charge on any atom is -0.384 e. The molecule has 0 bridgehead atoms. The van der Waals surface area contributed by atoms with Crippen molar-refractivity contribution >= 4 is 27.3 Å².